The second-order valence-corrected chi connectivity index (χ2v) is 5.21. The lowest BCUT2D eigenvalue weighted by Crippen LogP contribution is -2.47. The Kier molecular flexibility index (Phi) is 5.44. The molecule has 0 aromatic heterocycles. The summed E-state index contributed by atoms with van der Waals surface area (Å²) in [5.41, 5.74) is 0.277. The molecule has 0 unspecified atom stereocenters. The van der Waals surface area contributed by atoms with Crippen molar-refractivity contribution in [2.45, 2.75) is 58.4 Å². The Morgan fingerprint density at radius 2 is 2.00 bits per heavy atom. The second-order valence-electron chi connectivity index (χ2n) is 5.21. The summed E-state index contributed by atoms with van der Waals surface area (Å²) in [7, 11) is 0. The highest BCUT2D eigenvalue weighted by molar-refractivity contribution is 5.82. The average molecular weight is 256 g/mol. The molecule has 2 amide bonds. The Morgan fingerprint density at radius 3 is 2.44 bits per heavy atom. The molecule has 0 radical (unpaired) electrons. The zero-order chi connectivity index (χ0) is 13.6. The second kappa shape index (κ2) is 6.61. The van der Waals surface area contributed by atoms with E-state index in [9.17, 15) is 9.59 Å². The zero-order valence-corrected chi connectivity index (χ0v) is 11.3. The van der Waals surface area contributed by atoms with Crippen LogP contribution in [0.15, 0.2) is 0 Å². The normalized spacial score (nSPS) is 17.9. The molecule has 104 valence electrons. The van der Waals surface area contributed by atoms with Crippen molar-refractivity contribution in [2.24, 2.45) is 5.41 Å². The minimum atomic E-state index is -0.963. The first kappa shape index (κ1) is 14.8. The summed E-state index contributed by atoms with van der Waals surface area (Å²) in [5.74, 6) is -0.963. The number of hydrogen-bond acceptors (Lipinski definition) is 2. The lowest BCUT2D eigenvalue weighted by Gasteiger charge is -2.17. The van der Waals surface area contributed by atoms with Gasteiger partial charge in [-0.15, -0.1) is 0 Å². The van der Waals surface area contributed by atoms with E-state index in [0.29, 0.717) is 13.0 Å². The van der Waals surface area contributed by atoms with Crippen molar-refractivity contribution < 1.29 is 14.7 Å². The van der Waals surface area contributed by atoms with Crippen LogP contribution in [0.2, 0.25) is 0 Å². The first-order chi connectivity index (χ1) is 8.53. The summed E-state index contributed by atoms with van der Waals surface area (Å²) in [4.78, 5) is 22.6. The van der Waals surface area contributed by atoms with Crippen LogP contribution in [-0.4, -0.2) is 29.7 Å². The molecule has 0 aliphatic heterocycles. The average Bonchev–Trinajstić information content (AvgIpc) is 3.12. The number of carbonyl (C=O) groups excluding carboxylic acids is 1. The fraction of sp³-hybridized carbons (Fsp3) is 0.846. The maximum atomic E-state index is 11.6. The molecule has 5 nitrogen and oxygen atoms in total. The molecule has 1 rings (SSSR count). The van der Waals surface area contributed by atoms with Crippen molar-refractivity contribution in [2.75, 3.05) is 6.54 Å². The Hall–Kier alpha value is -1.26. The van der Waals surface area contributed by atoms with E-state index in [2.05, 4.69) is 17.6 Å². The highest BCUT2D eigenvalue weighted by atomic mass is 16.4. The van der Waals surface area contributed by atoms with E-state index in [1.54, 1.807) is 0 Å². The topological polar surface area (TPSA) is 78.4 Å². The van der Waals surface area contributed by atoms with E-state index < -0.39 is 12.0 Å². The van der Waals surface area contributed by atoms with Gasteiger partial charge in [0.2, 0.25) is 0 Å². The van der Waals surface area contributed by atoms with Crippen LogP contribution in [0.3, 0.4) is 0 Å². The summed E-state index contributed by atoms with van der Waals surface area (Å²) in [6.07, 6.45) is 5.58. The Bertz CT molecular complexity index is 301. The molecule has 0 saturated heterocycles. The van der Waals surface area contributed by atoms with Gasteiger partial charge in [0.25, 0.3) is 0 Å². The van der Waals surface area contributed by atoms with Gasteiger partial charge in [-0.05, 0) is 31.1 Å². The third-order valence-corrected chi connectivity index (χ3v) is 3.78. The predicted molar refractivity (Wildman–Crippen MR) is 69.4 cm³/mol. The van der Waals surface area contributed by atoms with Crippen LogP contribution in [0.25, 0.3) is 0 Å². The maximum Gasteiger partial charge on any atom is 0.326 e. The molecule has 0 heterocycles. The number of aliphatic carboxylic acids is 1. The number of carboxylic acid groups (broad SMARTS) is 1. The molecule has 3 N–H and O–H groups in total. The van der Waals surface area contributed by atoms with Gasteiger partial charge in [0.05, 0.1) is 0 Å². The lowest BCUT2D eigenvalue weighted by molar-refractivity contribution is -0.139. The number of rotatable bonds is 8. The smallest absolute Gasteiger partial charge is 0.326 e. The summed E-state index contributed by atoms with van der Waals surface area (Å²) >= 11 is 0. The van der Waals surface area contributed by atoms with E-state index in [0.717, 1.165) is 32.1 Å². The van der Waals surface area contributed by atoms with Gasteiger partial charge in [0, 0.05) is 6.54 Å². The molecule has 1 atom stereocenters. The van der Waals surface area contributed by atoms with Gasteiger partial charge in [-0.2, -0.15) is 0 Å². The van der Waals surface area contributed by atoms with Crippen molar-refractivity contribution in [1.29, 1.82) is 0 Å². The van der Waals surface area contributed by atoms with E-state index in [1.807, 2.05) is 6.92 Å². The van der Waals surface area contributed by atoms with Gasteiger partial charge >= 0.3 is 12.0 Å². The monoisotopic (exact) mass is 256 g/mol. The number of urea groups is 1. The summed E-state index contributed by atoms with van der Waals surface area (Å²) in [6, 6.07) is -1.14. The highest BCUT2D eigenvalue weighted by Crippen LogP contribution is 2.47. The third-order valence-electron chi connectivity index (χ3n) is 3.78. The van der Waals surface area contributed by atoms with Crippen LogP contribution < -0.4 is 10.6 Å². The van der Waals surface area contributed by atoms with E-state index >= 15 is 0 Å². The standard InChI is InChI=1S/C13H24N2O3/c1-3-5-6-10(11(16)17)15-12(18)14-9-13(4-2)7-8-13/h10H,3-9H2,1-2H3,(H,16,17)(H2,14,15,18)/t10-/m0/s1. The minimum Gasteiger partial charge on any atom is -0.480 e. The molecular weight excluding hydrogens is 232 g/mol. The molecule has 18 heavy (non-hydrogen) atoms. The van der Waals surface area contributed by atoms with E-state index in [4.69, 9.17) is 5.11 Å². The summed E-state index contributed by atoms with van der Waals surface area (Å²) in [5, 5.41) is 14.3. The van der Waals surface area contributed by atoms with Gasteiger partial charge in [-0.1, -0.05) is 26.7 Å². The van der Waals surface area contributed by atoms with Crippen molar-refractivity contribution in [3.63, 3.8) is 0 Å². The SMILES string of the molecule is CCCC[C@H](NC(=O)NCC1(CC)CC1)C(=O)O. The fourth-order valence-corrected chi connectivity index (χ4v) is 1.97. The van der Waals surface area contributed by atoms with Gasteiger partial charge in [-0.3, -0.25) is 0 Å². The quantitative estimate of drug-likeness (QED) is 0.622. The van der Waals surface area contributed by atoms with Crippen LogP contribution in [0.5, 0.6) is 0 Å². The fourth-order valence-electron chi connectivity index (χ4n) is 1.97. The molecule has 0 aromatic carbocycles. The number of carboxylic acids is 1. The molecule has 1 saturated carbocycles. The number of amides is 2. The van der Waals surface area contributed by atoms with Crippen LogP contribution >= 0.6 is 0 Å². The highest BCUT2D eigenvalue weighted by Gasteiger charge is 2.40. The molecule has 5 heteroatoms. The molecule has 0 bridgehead atoms. The first-order valence-corrected chi connectivity index (χ1v) is 6.80. The lowest BCUT2D eigenvalue weighted by atomic mass is 10.0. The van der Waals surface area contributed by atoms with Crippen molar-refractivity contribution >= 4 is 12.0 Å². The van der Waals surface area contributed by atoms with E-state index in [1.165, 1.54) is 0 Å². The number of nitrogens with one attached hydrogen (secondary N) is 2. The molecule has 1 aliphatic rings. The van der Waals surface area contributed by atoms with Crippen molar-refractivity contribution in [3.8, 4) is 0 Å². The van der Waals surface area contributed by atoms with Crippen LogP contribution in [0, 0.1) is 5.41 Å². The number of carbonyl (C=O) groups is 2. The minimum absolute atomic E-state index is 0.277. The van der Waals surface area contributed by atoms with Crippen LogP contribution in [0.1, 0.15) is 52.4 Å². The zero-order valence-electron chi connectivity index (χ0n) is 11.3. The molecule has 1 aliphatic carbocycles. The molecule has 0 aromatic rings. The van der Waals surface area contributed by atoms with E-state index in [-0.39, 0.29) is 11.4 Å². The first-order valence-electron chi connectivity index (χ1n) is 6.80. The largest absolute Gasteiger partial charge is 0.480 e. The van der Waals surface area contributed by atoms with Crippen molar-refractivity contribution in [1.82, 2.24) is 10.6 Å². The Balaban J connectivity index is 2.29. The molecule has 1 fully saturated rings. The number of hydrogen-bond donors (Lipinski definition) is 3. The summed E-state index contributed by atoms with van der Waals surface area (Å²) < 4.78 is 0. The Morgan fingerprint density at radius 1 is 1.33 bits per heavy atom. The third kappa shape index (κ3) is 4.55. The van der Waals surface area contributed by atoms with Crippen molar-refractivity contribution in [3.05, 3.63) is 0 Å². The molecular formula is C13H24N2O3. The Labute approximate surface area is 108 Å². The summed E-state index contributed by atoms with van der Waals surface area (Å²) in [6.45, 7) is 4.76. The van der Waals surface area contributed by atoms with Gasteiger partial charge in [-0.25, -0.2) is 9.59 Å². The van der Waals surface area contributed by atoms with Gasteiger partial charge < -0.3 is 15.7 Å². The van der Waals surface area contributed by atoms with Gasteiger partial charge in [0.1, 0.15) is 6.04 Å². The molecule has 0 spiro atoms. The van der Waals surface area contributed by atoms with Crippen LogP contribution in [-0.2, 0) is 4.79 Å². The van der Waals surface area contributed by atoms with Gasteiger partial charge in [0.15, 0.2) is 0 Å². The van der Waals surface area contributed by atoms with Crippen LogP contribution in [0.4, 0.5) is 4.79 Å². The number of unbranched alkanes of at least 4 members (excludes halogenated alkanes) is 1. The maximum absolute atomic E-state index is 11.6. The predicted octanol–water partition coefficient (Wildman–Crippen LogP) is 2.12.